The molecule has 68 valence electrons. The van der Waals surface area contributed by atoms with Crippen LogP contribution in [0.25, 0.3) is 0 Å². The van der Waals surface area contributed by atoms with Crippen molar-refractivity contribution in [3.63, 3.8) is 0 Å². The molecule has 0 aromatic carbocycles. The number of hydrogen-bond donors (Lipinski definition) is 3. The van der Waals surface area contributed by atoms with Gasteiger partial charge in [-0.25, -0.2) is 0 Å². The molecule has 0 aromatic heterocycles. The first-order valence-corrected chi connectivity index (χ1v) is 5.88. The summed E-state index contributed by atoms with van der Waals surface area (Å²) >= 11 is 0. The lowest BCUT2D eigenvalue weighted by Gasteiger charge is -2.35. The van der Waals surface area contributed by atoms with Gasteiger partial charge in [-0.3, -0.25) is 4.57 Å². The zero-order valence-corrected chi connectivity index (χ0v) is 9.15. The van der Waals surface area contributed by atoms with Crippen molar-refractivity contribution in [2.75, 3.05) is 34.7 Å². The van der Waals surface area contributed by atoms with Crippen LogP contribution in [0.1, 0.15) is 6.92 Å². The van der Waals surface area contributed by atoms with Crippen LogP contribution in [0.3, 0.4) is 0 Å². The Balaban J connectivity index is 4.20. The Hall–Kier alpha value is 0.0569. The van der Waals surface area contributed by atoms with Crippen LogP contribution >= 0.6 is 0 Å². The fraction of sp³-hybridized carbons (Fsp3) is 1.00. The van der Waals surface area contributed by atoms with E-state index in [1.165, 1.54) is 0 Å². The Morgan fingerprint density at radius 3 is 1.73 bits per heavy atom. The third-order valence-electron chi connectivity index (χ3n) is 1.83. The maximum Gasteiger partial charge on any atom is 0.367 e. The molecule has 0 radical (unpaired) electrons. The van der Waals surface area contributed by atoms with E-state index in [0.717, 1.165) is 6.54 Å². The van der Waals surface area contributed by atoms with Crippen molar-refractivity contribution in [3.8, 4) is 0 Å². The van der Waals surface area contributed by atoms with Gasteiger partial charge in [-0.05, 0) is 34.7 Å². The minimum Gasteiger partial charge on any atom is -0.303 e. The molecule has 0 aliphatic rings. The molecule has 4 nitrogen and oxygen atoms in total. The van der Waals surface area contributed by atoms with Gasteiger partial charge < -0.3 is 14.9 Å². The van der Waals surface area contributed by atoms with Gasteiger partial charge in [-0.15, -0.1) is 0 Å². The van der Waals surface area contributed by atoms with E-state index in [-0.39, 0.29) is 0 Å². The molecular formula is C6H20N4Si. The Bertz CT molecular complexity index is 103. The highest BCUT2D eigenvalue weighted by Crippen LogP contribution is 1.89. The van der Waals surface area contributed by atoms with Gasteiger partial charge in [0.2, 0.25) is 0 Å². The lowest BCUT2D eigenvalue weighted by molar-refractivity contribution is 0.544. The highest BCUT2D eigenvalue weighted by Gasteiger charge is 2.33. The van der Waals surface area contributed by atoms with Crippen molar-refractivity contribution in [2.45, 2.75) is 6.92 Å². The Labute approximate surface area is 70.7 Å². The molecule has 0 bridgehead atoms. The first-order valence-electron chi connectivity index (χ1n) is 3.93. The summed E-state index contributed by atoms with van der Waals surface area (Å²) in [5.41, 5.74) is 0. The van der Waals surface area contributed by atoms with Crippen LogP contribution in [0.2, 0.25) is 0 Å². The quantitative estimate of drug-likeness (QED) is 0.472. The zero-order chi connectivity index (χ0) is 8.91. The molecule has 3 N–H and O–H groups in total. The third kappa shape index (κ3) is 2.53. The monoisotopic (exact) mass is 176 g/mol. The van der Waals surface area contributed by atoms with E-state index in [2.05, 4.69) is 40.5 Å². The van der Waals surface area contributed by atoms with Gasteiger partial charge in [0.05, 0.1) is 0 Å². The third-order valence-corrected chi connectivity index (χ3v) is 5.48. The summed E-state index contributed by atoms with van der Waals surface area (Å²) in [6, 6.07) is 0. The van der Waals surface area contributed by atoms with Gasteiger partial charge in [-0.1, -0.05) is 6.92 Å². The highest BCUT2D eigenvalue weighted by atomic mass is 28.4. The molecule has 5 heteroatoms. The van der Waals surface area contributed by atoms with Crippen LogP contribution in [0.15, 0.2) is 0 Å². The fourth-order valence-electron chi connectivity index (χ4n) is 1.16. The van der Waals surface area contributed by atoms with Crippen LogP contribution in [-0.4, -0.2) is 48.0 Å². The van der Waals surface area contributed by atoms with Crippen molar-refractivity contribution in [1.82, 2.24) is 19.5 Å². The molecule has 0 aliphatic heterocycles. The summed E-state index contributed by atoms with van der Waals surface area (Å²) in [5.74, 6) is 0. The molecule has 0 unspecified atom stereocenters. The molecule has 0 aromatic rings. The van der Waals surface area contributed by atoms with Crippen molar-refractivity contribution < 1.29 is 0 Å². The molecule has 0 atom stereocenters. The normalized spacial score (nSPS) is 12.5. The smallest absolute Gasteiger partial charge is 0.303 e. The zero-order valence-electron chi connectivity index (χ0n) is 8.15. The number of rotatable bonds is 5. The minimum atomic E-state index is -1.74. The first kappa shape index (κ1) is 11.1. The van der Waals surface area contributed by atoms with Gasteiger partial charge >= 0.3 is 8.72 Å². The molecule has 0 spiro atoms. The van der Waals surface area contributed by atoms with E-state index >= 15 is 0 Å². The molecule has 0 amide bonds. The number of hydrogen-bond acceptors (Lipinski definition) is 4. The van der Waals surface area contributed by atoms with Gasteiger partial charge in [0.1, 0.15) is 0 Å². The molecule has 0 saturated heterocycles. The summed E-state index contributed by atoms with van der Waals surface area (Å²) in [4.78, 5) is 10.1. The maximum absolute atomic E-state index is 3.44. The summed E-state index contributed by atoms with van der Waals surface area (Å²) in [5, 5.41) is 0. The topological polar surface area (TPSA) is 39.3 Å². The van der Waals surface area contributed by atoms with Gasteiger partial charge in [-0.2, -0.15) is 0 Å². The Kier molecular flexibility index (Phi) is 4.86. The van der Waals surface area contributed by atoms with Gasteiger partial charge in [0.15, 0.2) is 0 Å². The lowest BCUT2D eigenvalue weighted by atomic mass is 10.8. The van der Waals surface area contributed by atoms with Crippen molar-refractivity contribution >= 4 is 8.72 Å². The molecular weight excluding hydrogens is 156 g/mol. The van der Waals surface area contributed by atoms with Crippen molar-refractivity contribution in [2.24, 2.45) is 0 Å². The second-order valence-electron chi connectivity index (χ2n) is 2.64. The summed E-state index contributed by atoms with van der Waals surface area (Å²) in [6.45, 7) is 3.09. The predicted octanol–water partition coefficient (Wildman–Crippen LogP) is -0.968. The molecule has 0 heterocycles. The average molecular weight is 176 g/mol. The van der Waals surface area contributed by atoms with Crippen LogP contribution in [-0.2, 0) is 0 Å². The van der Waals surface area contributed by atoms with Gasteiger partial charge in [0, 0.05) is 0 Å². The standard InChI is InChI=1S/C6H20N4Si/c1-6-9-11(7-2,8-3)10(4)5/h7-9H,6H2,1-5H3. The van der Waals surface area contributed by atoms with E-state index in [0.29, 0.717) is 0 Å². The molecule has 0 saturated carbocycles. The molecule has 0 rings (SSSR count). The van der Waals surface area contributed by atoms with Gasteiger partial charge in [0.25, 0.3) is 0 Å². The minimum absolute atomic E-state index is 0.978. The van der Waals surface area contributed by atoms with Crippen LogP contribution in [0.4, 0.5) is 0 Å². The highest BCUT2D eigenvalue weighted by molar-refractivity contribution is 6.69. The summed E-state index contributed by atoms with van der Waals surface area (Å²) in [6.07, 6.45) is 0. The maximum atomic E-state index is 3.44. The average Bonchev–Trinajstić information content (AvgIpc) is 2.00. The first-order chi connectivity index (χ1) is 5.13. The van der Waals surface area contributed by atoms with Crippen molar-refractivity contribution in [3.05, 3.63) is 0 Å². The Morgan fingerprint density at radius 2 is 1.64 bits per heavy atom. The largest absolute Gasteiger partial charge is 0.367 e. The van der Waals surface area contributed by atoms with E-state index in [1.54, 1.807) is 0 Å². The fourth-order valence-corrected chi connectivity index (χ4v) is 3.49. The number of nitrogens with one attached hydrogen (secondary N) is 3. The summed E-state index contributed by atoms with van der Waals surface area (Å²) in [7, 11) is 6.36. The lowest BCUT2D eigenvalue weighted by Crippen LogP contribution is -2.78. The number of nitrogens with zero attached hydrogens (tertiary/aromatic N) is 1. The van der Waals surface area contributed by atoms with Crippen LogP contribution < -0.4 is 14.9 Å². The second-order valence-corrected chi connectivity index (χ2v) is 6.30. The predicted molar refractivity (Wildman–Crippen MR) is 51.2 cm³/mol. The molecule has 11 heavy (non-hydrogen) atoms. The van der Waals surface area contributed by atoms with E-state index in [1.807, 2.05) is 14.1 Å². The van der Waals surface area contributed by atoms with Crippen LogP contribution in [0.5, 0.6) is 0 Å². The Morgan fingerprint density at radius 1 is 1.18 bits per heavy atom. The molecule has 0 aliphatic carbocycles. The summed E-state index contributed by atoms with van der Waals surface area (Å²) < 4.78 is 2.19. The van der Waals surface area contributed by atoms with Crippen molar-refractivity contribution in [1.29, 1.82) is 0 Å². The van der Waals surface area contributed by atoms with E-state index < -0.39 is 8.72 Å². The van der Waals surface area contributed by atoms with Crippen LogP contribution in [0, 0.1) is 0 Å². The SMILES string of the molecule is CCN[Si](NC)(NC)N(C)C. The second kappa shape index (κ2) is 4.84. The van der Waals surface area contributed by atoms with E-state index in [9.17, 15) is 0 Å². The molecule has 0 fully saturated rings. The van der Waals surface area contributed by atoms with E-state index in [4.69, 9.17) is 0 Å².